The molecule has 1 aliphatic rings. The second-order valence-electron chi connectivity index (χ2n) is 5.81. The number of carbonyl (C=O) groups is 1. The molecule has 0 atom stereocenters. The van der Waals surface area contributed by atoms with Crippen LogP contribution in [0.2, 0.25) is 0 Å². The number of halogens is 2. The number of nitrogens with zero attached hydrogens (tertiary/aromatic N) is 2. The van der Waals surface area contributed by atoms with Crippen molar-refractivity contribution in [3.63, 3.8) is 0 Å². The normalized spacial score (nSPS) is 13.9. The van der Waals surface area contributed by atoms with Crippen molar-refractivity contribution in [3.8, 4) is 11.8 Å². The number of benzene rings is 2. The van der Waals surface area contributed by atoms with Crippen molar-refractivity contribution < 1.29 is 18.3 Å². The molecule has 26 heavy (non-hydrogen) atoms. The Morgan fingerprint density at radius 3 is 2.62 bits per heavy atom. The fourth-order valence-electron chi connectivity index (χ4n) is 2.94. The predicted molar refractivity (Wildman–Crippen MR) is 93.8 cm³/mol. The first kappa shape index (κ1) is 17.6. The molecule has 0 radical (unpaired) electrons. The van der Waals surface area contributed by atoms with Crippen molar-refractivity contribution >= 4 is 17.7 Å². The lowest BCUT2D eigenvalue weighted by atomic mass is 10.0. The Bertz CT molecular complexity index is 870. The quantitative estimate of drug-likeness (QED) is 0.611. The third-order valence-corrected chi connectivity index (χ3v) is 4.12. The van der Waals surface area contributed by atoms with Crippen molar-refractivity contribution in [2.75, 3.05) is 11.4 Å². The average Bonchev–Trinajstić information content (AvgIpc) is 2.66. The Hall–Kier alpha value is -3.20. The molecule has 0 aliphatic carbocycles. The van der Waals surface area contributed by atoms with E-state index in [-0.39, 0.29) is 17.2 Å². The Balaban J connectivity index is 1.84. The second-order valence-corrected chi connectivity index (χ2v) is 5.81. The number of rotatable bonds is 4. The van der Waals surface area contributed by atoms with Crippen LogP contribution in [0, 0.1) is 11.3 Å². The van der Waals surface area contributed by atoms with E-state index in [0.29, 0.717) is 12.1 Å². The highest BCUT2D eigenvalue weighted by Crippen LogP contribution is 2.28. The van der Waals surface area contributed by atoms with Crippen molar-refractivity contribution in [1.82, 2.24) is 0 Å². The third kappa shape index (κ3) is 3.89. The van der Waals surface area contributed by atoms with E-state index >= 15 is 0 Å². The van der Waals surface area contributed by atoms with Crippen LogP contribution in [0.1, 0.15) is 17.5 Å². The van der Waals surface area contributed by atoms with E-state index < -0.39 is 6.61 Å². The lowest BCUT2D eigenvalue weighted by Crippen LogP contribution is -2.36. The van der Waals surface area contributed by atoms with Gasteiger partial charge in [-0.3, -0.25) is 4.79 Å². The second kappa shape index (κ2) is 7.79. The molecule has 0 N–H and O–H groups in total. The van der Waals surface area contributed by atoms with Crippen molar-refractivity contribution in [1.29, 1.82) is 5.26 Å². The molecule has 0 saturated carbocycles. The minimum atomic E-state index is -2.90. The van der Waals surface area contributed by atoms with E-state index in [9.17, 15) is 18.8 Å². The number of alkyl halides is 2. The SMILES string of the molecule is N#CC(=Cc1ccc(OC(F)F)cc1)C(=O)N1CCCc2ccccc21. The maximum atomic E-state index is 12.8. The van der Waals surface area contributed by atoms with Gasteiger partial charge in [0.05, 0.1) is 0 Å². The third-order valence-electron chi connectivity index (χ3n) is 4.12. The molecule has 6 heteroatoms. The molecule has 2 aromatic rings. The molecule has 0 unspecified atom stereocenters. The van der Waals surface area contributed by atoms with Crippen LogP contribution in [0.3, 0.4) is 0 Å². The number of ether oxygens (including phenoxy) is 1. The lowest BCUT2D eigenvalue weighted by Gasteiger charge is -2.29. The molecular formula is C20H16F2N2O2. The molecule has 0 fully saturated rings. The Morgan fingerprint density at radius 2 is 1.92 bits per heavy atom. The van der Waals surface area contributed by atoms with E-state index in [1.54, 1.807) is 4.90 Å². The van der Waals surface area contributed by atoms with Gasteiger partial charge in [0.1, 0.15) is 17.4 Å². The fraction of sp³-hybridized carbons (Fsp3) is 0.200. The van der Waals surface area contributed by atoms with Crippen LogP contribution in [0.15, 0.2) is 54.1 Å². The van der Waals surface area contributed by atoms with Gasteiger partial charge in [-0.05, 0) is 48.2 Å². The van der Waals surface area contributed by atoms with Gasteiger partial charge in [0.25, 0.3) is 5.91 Å². The zero-order valence-corrected chi connectivity index (χ0v) is 13.9. The van der Waals surface area contributed by atoms with Gasteiger partial charge in [-0.15, -0.1) is 0 Å². The number of fused-ring (bicyclic) bond motifs is 1. The summed E-state index contributed by atoms with van der Waals surface area (Å²) in [5.41, 5.74) is 2.45. The van der Waals surface area contributed by atoms with Crippen LogP contribution >= 0.6 is 0 Å². The van der Waals surface area contributed by atoms with E-state index in [0.717, 1.165) is 24.1 Å². The van der Waals surface area contributed by atoms with Gasteiger partial charge in [0.2, 0.25) is 0 Å². The maximum Gasteiger partial charge on any atom is 0.387 e. The number of aryl methyl sites for hydroxylation is 1. The predicted octanol–water partition coefficient (Wildman–Crippen LogP) is 4.17. The summed E-state index contributed by atoms with van der Waals surface area (Å²) in [4.78, 5) is 14.4. The Kier molecular flexibility index (Phi) is 5.28. The molecule has 132 valence electrons. The molecule has 3 rings (SSSR count). The number of hydrogen-bond acceptors (Lipinski definition) is 3. The molecule has 1 heterocycles. The van der Waals surface area contributed by atoms with Gasteiger partial charge in [0, 0.05) is 12.2 Å². The van der Waals surface area contributed by atoms with Gasteiger partial charge >= 0.3 is 6.61 Å². The molecule has 2 aromatic carbocycles. The summed E-state index contributed by atoms with van der Waals surface area (Å²) in [6.45, 7) is -2.34. The van der Waals surface area contributed by atoms with Gasteiger partial charge in [-0.25, -0.2) is 0 Å². The van der Waals surface area contributed by atoms with E-state index in [1.807, 2.05) is 30.3 Å². The molecule has 4 nitrogen and oxygen atoms in total. The summed E-state index contributed by atoms with van der Waals surface area (Å²) in [5.74, 6) is -0.348. The number of para-hydroxylation sites is 1. The maximum absolute atomic E-state index is 12.8. The molecule has 0 aromatic heterocycles. The van der Waals surface area contributed by atoms with Gasteiger partial charge in [-0.2, -0.15) is 14.0 Å². The Morgan fingerprint density at radius 1 is 1.19 bits per heavy atom. The highest BCUT2D eigenvalue weighted by molar-refractivity contribution is 6.11. The largest absolute Gasteiger partial charge is 0.435 e. The highest BCUT2D eigenvalue weighted by atomic mass is 19.3. The summed E-state index contributed by atoms with van der Waals surface area (Å²) < 4.78 is 28.7. The van der Waals surface area contributed by atoms with Crippen LogP contribution in [0.25, 0.3) is 6.08 Å². The number of carbonyl (C=O) groups excluding carboxylic acids is 1. The fourth-order valence-corrected chi connectivity index (χ4v) is 2.94. The average molecular weight is 354 g/mol. The zero-order valence-electron chi connectivity index (χ0n) is 13.9. The van der Waals surface area contributed by atoms with Gasteiger partial charge in [0.15, 0.2) is 0 Å². The standard InChI is InChI=1S/C20H16F2N2O2/c21-20(22)26-17-9-7-14(8-10-17)12-16(13-23)19(25)24-11-3-5-15-4-1-2-6-18(15)24/h1-2,4,6-10,12,20H,3,5,11H2. The molecule has 0 spiro atoms. The summed E-state index contributed by atoms with van der Waals surface area (Å²) >= 11 is 0. The molecular weight excluding hydrogens is 338 g/mol. The first-order valence-electron chi connectivity index (χ1n) is 8.15. The van der Waals surface area contributed by atoms with Crippen molar-refractivity contribution in [3.05, 3.63) is 65.2 Å². The van der Waals surface area contributed by atoms with Crippen LogP contribution in [0.5, 0.6) is 5.75 Å². The molecule has 0 saturated heterocycles. The van der Waals surface area contributed by atoms with E-state index in [4.69, 9.17) is 0 Å². The van der Waals surface area contributed by atoms with Crippen LogP contribution < -0.4 is 9.64 Å². The number of amides is 1. The van der Waals surface area contributed by atoms with Crippen molar-refractivity contribution in [2.45, 2.75) is 19.5 Å². The zero-order chi connectivity index (χ0) is 18.5. The molecule has 0 bridgehead atoms. The minimum Gasteiger partial charge on any atom is -0.435 e. The first-order valence-corrected chi connectivity index (χ1v) is 8.15. The van der Waals surface area contributed by atoms with Crippen molar-refractivity contribution in [2.24, 2.45) is 0 Å². The number of anilines is 1. The Labute approximate surface area is 149 Å². The van der Waals surface area contributed by atoms with E-state index in [2.05, 4.69) is 4.74 Å². The molecule has 1 aliphatic heterocycles. The summed E-state index contributed by atoms with van der Waals surface area (Å²) in [6, 6.07) is 15.4. The summed E-state index contributed by atoms with van der Waals surface area (Å²) in [5, 5.41) is 9.42. The van der Waals surface area contributed by atoms with Gasteiger partial charge < -0.3 is 9.64 Å². The van der Waals surface area contributed by atoms with Crippen LogP contribution in [0.4, 0.5) is 14.5 Å². The molecule has 1 amide bonds. The first-order chi connectivity index (χ1) is 12.6. The lowest BCUT2D eigenvalue weighted by molar-refractivity contribution is -0.114. The highest BCUT2D eigenvalue weighted by Gasteiger charge is 2.24. The monoisotopic (exact) mass is 354 g/mol. The minimum absolute atomic E-state index is 0.00997. The summed E-state index contributed by atoms with van der Waals surface area (Å²) in [7, 11) is 0. The van der Waals surface area contributed by atoms with Gasteiger partial charge in [-0.1, -0.05) is 30.3 Å². The van der Waals surface area contributed by atoms with Crippen LogP contribution in [-0.2, 0) is 11.2 Å². The van der Waals surface area contributed by atoms with Crippen LogP contribution in [-0.4, -0.2) is 19.1 Å². The van der Waals surface area contributed by atoms with E-state index in [1.165, 1.54) is 30.3 Å². The summed E-state index contributed by atoms with van der Waals surface area (Å²) in [6.07, 6.45) is 3.18. The topological polar surface area (TPSA) is 53.3 Å². The smallest absolute Gasteiger partial charge is 0.387 e. The number of nitriles is 1. The number of hydrogen-bond donors (Lipinski definition) is 0.